The fourth-order valence-corrected chi connectivity index (χ4v) is 3.11. The summed E-state index contributed by atoms with van der Waals surface area (Å²) in [7, 11) is 1.65. The summed E-state index contributed by atoms with van der Waals surface area (Å²) in [5.74, 6) is -0.0676. The Balaban J connectivity index is 1.85. The molecular formula is C17H22N2O3. The van der Waals surface area contributed by atoms with Crippen LogP contribution in [0.15, 0.2) is 24.3 Å². The predicted molar refractivity (Wildman–Crippen MR) is 85.2 cm³/mol. The number of nitrogens with one attached hydrogen (secondary N) is 2. The smallest absolute Gasteiger partial charge is 0.268 e. The van der Waals surface area contributed by atoms with Crippen molar-refractivity contribution >= 4 is 16.8 Å². The van der Waals surface area contributed by atoms with Gasteiger partial charge in [-0.1, -0.05) is 25.1 Å². The first-order valence-electron chi connectivity index (χ1n) is 7.75. The van der Waals surface area contributed by atoms with Crippen LogP contribution in [0.3, 0.4) is 0 Å². The molecule has 1 saturated heterocycles. The molecule has 2 heterocycles. The van der Waals surface area contributed by atoms with Crippen LogP contribution in [0.5, 0.6) is 0 Å². The Kier molecular flexibility index (Phi) is 4.45. The third-order valence-corrected chi connectivity index (χ3v) is 4.32. The van der Waals surface area contributed by atoms with Gasteiger partial charge in [0.05, 0.1) is 12.6 Å². The minimum absolute atomic E-state index is 0.0117. The van der Waals surface area contributed by atoms with Crippen molar-refractivity contribution in [2.24, 2.45) is 0 Å². The molecule has 5 heteroatoms. The maximum absolute atomic E-state index is 12.7. The molecular weight excluding hydrogens is 280 g/mol. The zero-order valence-corrected chi connectivity index (χ0v) is 13.0. The summed E-state index contributed by atoms with van der Waals surface area (Å²) in [4.78, 5) is 15.9. The highest BCUT2D eigenvalue weighted by Gasteiger charge is 2.28. The van der Waals surface area contributed by atoms with Crippen LogP contribution in [0.1, 0.15) is 29.4 Å². The number of para-hydroxylation sites is 1. The van der Waals surface area contributed by atoms with E-state index in [1.54, 1.807) is 7.11 Å². The van der Waals surface area contributed by atoms with E-state index in [1.807, 2.05) is 24.3 Å². The average Bonchev–Trinajstić information content (AvgIpc) is 2.94. The molecule has 0 saturated carbocycles. The number of rotatable bonds is 4. The summed E-state index contributed by atoms with van der Waals surface area (Å²) in [5.41, 5.74) is 2.72. The summed E-state index contributed by atoms with van der Waals surface area (Å²) in [6, 6.07) is 8.00. The quantitative estimate of drug-likeness (QED) is 0.910. The van der Waals surface area contributed by atoms with Gasteiger partial charge in [0, 0.05) is 24.6 Å². The number of aryl methyl sites for hydroxylation is 1. The molecule has 118 valence electrons. The summed E-state index contributed by atoms with van der Waals surface area (Å²) in [5, 5.41) is 4.21. The van der Waals surface area contributed by atoms with Gasteiger partial charge in [0.1, 0.15) is 11.8 Å². The summed E-state index contributed by atoms with van der Waals surface area (Å²) in [6.45, 7) is 3.24. The fraction of sp³-hybridized carbons (Fsp3) is 0.471. The number of aromatic nitrogens is 1. The Bertz CT molecular complexity index is 665. The van der Waals surface area contributed by atoms with E-state index >= 15 is 0 Å². The summed E-state index contributed by atoms with van der Waals surface area (Å²) >= 11 is 0. The van der Waals surface area contributed by atoms with Gasteiger partial charge >= 0.3 is 0 Å². The van der Waals surface area contributed by atoms with Crippen LogP contribution in [0.2, 0.25) is 0 Å². The Morgan fingerprint density at radius 3 is 3.05 bits per heavy atom. The molecule has 3 rings (SSSR count). The molecule has 1 fully saturated rings. The number of methoxy groups -OCH3 is 1. The lowest BCUT2D eigenvalue weighted by molar-refractivity contribution is -0.0479. The van der Waals surface area contributed by atoms with Crippen LogP contribution in [-0.2, 0) is 15.9 Å². The van der Waals surface area contributed by atoms with E-state index in [1.165, 1.54) is 0 Å². The number of hydrogen-bond donors (Lipinski definition) is 2. The lowest BCUT2D eigenvalue weighted by Gasteiger charge is -2.30. The molecule has 22 heavy (non-hydrogen) atoms. The van der Waals surface area contributed by atoms with Crippen molar-refractivity contribution in [3.05, 3.63) is 35.5 Å². The normalized spacial score (nSPS) is 21.9. The van der Waals surface area contributed by atoms with Crippen LogP contribution in [0, 0.1) is 0 Å². The van der Waals surface area contributed by atoms with Crippen molar-refractivity contribution in [1.82, 2.24) is 10.3 Å². The van der Waals surface area contributed by atoms with Gasteiger partial charge in [-0.05, 0) is 24.5 Å². The number of aromatic amines is 1. The number of H-pyrrole nitrogens is 1. The number of ether oxygens (including phenoxy) is 2. The molecule has 2 N–H and O–H groups in total. The van der Waals surface area contributed by atoms with Crippen molar-refractivity contribution in [3.63, 3.8) is 0 Å². The van der Waals surface area contributed by atoms with E-state index in [0.29, 0.717) is 18.9 Å². The lowest BCUT2D eigenvalue weighted by Crippen LogP contribution is -2.49. The van der Waals surface area contributed by atoms with Crippen LogP contribution in [0.25, 0.3) is 10.9 Å². The van der Waals surface area contributed by atoms with Crippen LogP contribution in [0.4, 0.5) is 0 Å². The van der Waals surface area contributed by atoms with E-state index in [0.717, 1.165) is 29.3 Å². The Labute approximate surface area is 130 Å². The molecule has 1 aliphatic rings. The maximum Gasteiger partial charge on any atom is 0.268 e. The maximum atomic E-state index is 12.7. The highest BCUT2D eigenvalue weighted by Crippen LogP contribution is 2.23. The third kappa shape index (κ3) is 2.74. The number of amides is 1. The molecule has 0 spiro atoms. The first kappa shape index (κ1) is 15.1. The molecule has 0 bridgehead atoms. The van der Waals surface area contributed by atoms with Crippen LogP contribution < -0.4 is 5.32 Å². The Hall–Kier alpha value is -1.85. The van der Waals surface area contributed by atoms with E-state index in [9.17, 15) is 4.79 Å². The van der Waals surface area contributed by atoms with Crippen LogP contribution in [-0.4, -0.2) is 43.4 Å². The SMILES string of the molecule is CCc1c(C(=O)NC2CCOCC2OC)[nH]c2ccccc12. The highest BCUT2D eigenvalue weighted by molar-refractivity contribution is 6.01. The molecule has 0 radical (unpaired) electrons. The Morgan fingerprint density at radius 2 is 2.27 bits per heavy atom. The minimum atomic E-state index is -0.0906. The van der Waals surface area contributed by atoms with E-state index in [2.05, 4.69) is 17.2 Å². The van der Waals surface area contributed by atoms with E-state index < -0.39 is 0 Å². The standard InChI is InChI=1S/C17H22N2O3/c1-3-11-12-6-4-5-7-13(12)18-16(11)17(20)19-14-8-9-22-10-15(14)21-2/h4-7,14-15,18H,3,8-10H2,1-2H3,(H,19,20). The third-order valence-electron chi connectivity index (χ3n) is 4.32. The molecule has 0 aliphatic carbocycles. The largest absolute Gasteiger partial charge is 0.379 e. The van der Waals surface area contributed by atoms with Crippen molar-refractivity contribution in [2.75, 3.05) is 20.3 Å². The molecule has 1 aliphatic heterocycles. The van der Waals surface area contributed by atoms with Gasteiger partial charge in [0.2, 0.25) is 0 Å². The first-order chi connectivity index (χ1) is 10.7. The topological polar surface area (TPSA) is 63.4 Å². The lowest BCUT2D eigenvalue weighted by atomic mass is 10.0. The van der Waals surface area contributed by atoms with Gasteiger partial charge in [-0.3, -0.25) is 4.79 Å². The molecule has 2 atom stereocenters. The molecule has 2 aromatic rings. The van der Waals surface area contributed by atoms with E-state index in [4.69, 9.17) is 9.47 Å². The summed E-state index contributed by atoms with van der Waals surface area (Å²) in [6.07, 6.45) is 1.49. The van der Waals surface area contributed by atoms with Gasteiger partial charge in [0.25, 0.3) is 5.91 Å². The number of fused-ring (bicyclic) bond motifs is 1. The van der Waals surface area contributed by atoms with Crippen molar-refractivity contribution in [2.45, 2.75) is 31.9 Å². The number of hydrogen-bond acceptors (Lipinski definition) is 3. The van der Waals surface area contributed by atoms with Gasteiger partial charge in [-0.15, -0.1) is 0 Å². The minimum Gasteiger partial charge on any atom is -0.379 e. The highest BCUT2D eigenvalue weighted by atomic mass is 16.5. The summed E-state index contributed by atoms with van der Waals surface area (Å²) < 4.78 is 10.8. The van der Waals surface area contributed by atoms with E-state index in [-0.39, 0.29) is 18.1 Å². The number of carbonyl (C=O) groups is 1. The van der Waals surface area contributed by atoms with Crippen LogP contribution >= 0.6 is 0 Å². The second kappa shape index (κ2) is 6.50. The fourth-order valence-electron chi connectivity index (χ4n) is 3.11. The zero-order chi connectivity index (χ0) is 15.5. The van der Waals surface area contributed by atoms with Gasteiger partial charge < -0.3 is 19.8 Å². The molecule has 1 aromatic carbocycles. The molecule has 1 amide bonds. The van der Waals surface area contributed by atoms with Gasteiger partial charge in [-0.2, -0.15) is 0 Å². The van der Waals surface area contributed by atoms with Crippen molar-refractivity contribution < 1.29 is 14.3 Å². The van der Waals surface area contributed by atoms with Gasteiger partial charge in [-0.25, -0.2) is 0 Å². The second-order valence-corrected chi connectivity index (χ2v) is 5.60. The van der Waals surface area contributed by atoms with Crippen molar-refractivity contribution in [1.29, 1.82) is 0 Å². The van der Waals surface area contributed by atoms with Crippen molar-refractivity contribution in [3.8, 4) is 0 Å². The Morgan fingerprint density at radius 1 is 1.45 bits per heavy atom. The van der Waals surface area contributed by atoms with Gasteiger partial charge in [0.15, 0.2) is 0 Å². The molecule has 5 nitrogen and oxygen atoms in total. The number of benzene rings is 1. The predicted octanol–water partition coefficient (Wildman–Crippen LogP) is 2.26. The number of carbonyl (C=O) groups excluding carboxylic acids is 1. The monoisotopic (exact) mass is 302 g/mol. The first-order valence-corrected chi connectivity index (χ1v) is 7.75. The molecule has 1 aromatic heterocycles. The zero-order valence-electron chi connectivity index (χ0n) is 13.0. The average molecular weight is 302 g/mol. The molecule has 2 unspecified atom stereocenters. The second-order valence-electron chi connectivity index (χ2n) is 5.60.